The second kappa shape index (κ2) is 9.50. The van der Waals surface area contributed by atoms with Gasteiger partial charge in [0.1, 0.15) is 12.1 Å². The smallest absolute Gasteiger partial charge is 0.416 e. The Morgan fingerprint density at radius 3 is 1.84 bits per heavy atom. The third kappa shape index (κ3) is 8.00. The monoisotopic (exact) mass is 437 g/mol. The number of ether oxygens (including phenoxy) is 1. The SMILES string of the molecule is CC(C)(C)OC(=O)NCC(=O)Nc1ccc(NC(=O)c2ccc(C(F)(F)F)cc2)cc1. The molecule has 0 unspecified atom stereocenters. The number of amides is 3. The Hall–Kier alpha value is -3.56. The Morgan fingerprint density at radius 2 is 1.35 bits per heavy atom. The first kappa shape index (κ1) is 23.7. The van der Waals surface area contributed by atoms with E-state index in [1.807, 2.05) is 0 Å². The number of alkyl halides is 3. The Balaban J connectivity index is 1.86. The summed E-state index contributed by atoms with van der Waals surface area (Å²) in [5.74, 6) is -1.06. The number of carbonyl (C=O) groups is 3. The molecule has 3 amide bonds. The van der Waals surface area contributed by atoms with Crippen LogP contribution in [0.25, 0.3) is 0 Å². The lowest BCUT2D eigenvalue weighted by molar-refractivity contribution is -0.137. The van der Waals surface area contributed by atoms with Crippen molar-refractivity contribution in [1.82, 2.24) is 5.32 Å². The molecule has 0 aliphatic heterocycles. The summed E-state index contributed by atoms with van der Waals surface area (Å²) in [6.07, 6.45) is -5.19. The van der Waals surface area contributed by atoms with E-state index in [-0.39, 0.29) is 12.1 Å². The number of rotatable bonds is 5. The Bertz CT molecular complexity index is 934. The molecule has 0 bridgehead atoms. The van der Waals surface area contributed by atoms with Crippen molar-refractivity contribution in [2.75, 3.05) is 17.2 Å². The molecule has 0 saturated carbocycles. The van der Waals surface area contributed by atoms with Crippen LogP contribution in [0.3, 0.4) is 0 Å². The van der Waals surface area contributed by atoms with Gasteiger partial charge in [-0.25, -0.2) is 4.79 Å². The molecule has 2 rings (SSSR count). The van der Waals surface area contributed by atoms with Crippen molar-refractivity contribution >= 4 is 29.3 Å². The zero-order valence-corrected chi connectivity index (χ0v) is 17.1. The summed E-state index contributed by atoms with van der Waals surface area (Å²) in [7, 11) is 0. The predicted octanol–water partition coefficient (Wildman–Crippen LogP) is 4.42. The Morgan fingerprint density at radius 1 is 0.839 bits per heavy atom. The van der Waals surface area contributed by atoms with Crippen molar-refractivity contribution in [3.63, 3.8) is 0 Å². The number of carbonyl (C=O) groups excluding carboxylic acids is 3. The van der Waals surface area contributed by atoms with Crippen LogP contribution in [0.15, 0.2) is 48.5 Å². The number of hydrogen-bond acceptors (Lipinski definition) is 4. The first-order valence-electron chi connectivity index (χ1n) is 9.19. The molecule has 166 valence electrons. The third-order valence-corrected chi connectivity index (χ3v) is 3.69. The minimum Gasteiger partial charge on any atom is -0.444 e. The van der Waals surface area contributed by atoms with Gasteiger partial charge in [-0.3, -0.25) is 9.59 Å². The molecule has 2 aromatic carbocycles. The summed E-state index contributed by atoms with van der Waals surface area (Å²) in [5.41, 5.74) is -0.650. The number of halogens is 3. The van der Waals surface area contributed by atoms with Gasteiger partial charge in [0, 0.05) is 16.9 Å². The van der Waals surface area contributed by atoms with Gasteiger partial charge in [-0.15, -0.1) is 0 Å². The number of anilines is 2. The summed E-state index contributed by atoms with van der Waals surface area (Å²) >= 11 is 0. The molecule has 0 aromatic heterocycles. The van der Waals surface area contributed by atoms with Gasteiger partial charge in [-0.2, -0.15) is 13.2 Å². The maximum Gasteiger partial charge on any atom is 0.416 e. The number of benzene rings is 2. The van der Waals surface area contributed by atoms with E-state index in [1.54, 1.807) is 20.8 Å². The maximum absolute atomic E-state index is 12.6. The topological polar surface area (TPSA) is 96.5 Å². The zero-order chi connectivity index (χ0) is 23.2. The van der Waals surface area contributed by atoms with Gasteiger partial charge in [-0.1, -0.05) is 0 Å². The molecule has 0 fully saturated rings. The highest BCUT2D eigenvalue weighted by Gasteiger charge is 2.30. The van der Waals surface area contributed by atoms with Crippen molar-refractivity contribution in [2.24, 2.45) is 0 Å². The fraction of sp³-hybridized carbons (Fsp3) is 0.286. The second-order valence-electron chi connectivity index (χ2n) is 7.51. The van der Waals surface area contributed by atoms with E-state index in [9.17, 15) is 27.6 Å². The van der Waals surface area contributed by atoms with Crippen LogP contribution in [-0.2, 0) is 15.7 Å². The summed E-state index contributed by atoms with van der Waals surface area (Å²) < 4.78 is 42.8. The number of hydrogen-bond donors (Lipinski definition) is 3. The minimum absolute atomic E-state index is 0.0681. The van der Waals surface area contributed by atoms with E-state index in [0.717, 1.165) is 24.3 Å². The molecule has 0 atom stereocenters. The highest BCUT2D eigenvalue weighted by Crippen LogP contribution is 2.29. The van der Waals surface area contributed by atoms with E-state index in [4.69, 9.17) is 4.74 Å². The van der Waals surface area contributed by atoms with Crippen LogP contribution < -0.4 is 16.0 Å². The summed E-state index contributed by atoms with van der Waals surface area (Å²) in [5, 5.41) is 7.44. The number of nitrogens with one attached hydrogen (secondary N) is 3. The molecule has 10 heteroatoms. The molecule has 7 nitrogen and oxygen atoms in total. The van der Waals surface area contributed by atoms with Gasteiger partial charge < -0.3 is 20.7 Å². The molecular weight excluding hydrogens is 415 g/mol. The van der Waals surface area contributed by atoms with Crippen LogP contribution in [0.4, 0.5) is 29.3 Å². The fourth-order valence-corrected chi connectivity index (χ4v) is 2.32. The second-order valence-corrected chi connectivity index (χ2v) is 7.51. The van der Waals surface area contributed by atoms with Crippen molar-refractivity contribution in [1.29, 1.82) is 0 Å². The van der Waals surface area contributed by atoms with Gasteiger partial charge >= 0.3 is 12.3 Å². The van der Waals surface area contributed by atoms with E-state index >= 15 is 0 Å². The lowest BCUT2D eigenvalue weighted by Crippen LogP contribution is -2.37. The van der Waals surface area contributed by atoms with Gasteiger partial charge in [0.2, 0.25) is 5.91 Å². The molecule has 0 aliphatic rings. The molecule has 3 N–H and O–H groups in total. The predicted molar refractivity (Wildman–Crippen MR) is 109 cm³/mol. The van der Waals surface area contributed by atoms with E-state index < -0.39 is 35.2 Å². The summed E-state index contributed by atoms with van der Waals surface area (Å²) in [4.78, 5) is 35.6. The quantitative estimate of drug-likeness (QED) is 0.645. The fourth-order valence-electron chi connectivity index (χ4n) is 2.32. The van der Waals surface area contributed by atoms with Gasteiger partial charge in [0.25, 0.3) is 5.91 Å². The van der Waals surface area contributed by atoms with Gasteiger partial charge in [0.15, 0.2) is 0 Å². The van der Waals surface area contributed by atoms with Gasteiger partial charge in [-0.05, 0) is 69.3 Å². The Labute approximate surface area is 177 Å². The highest BCUT2D eigenvalue weighted by atomic mass is 19.4. The summed E-state index contributed by atoms with van der Waals surface area (Å²) in [6, 6.07) is 9.91. The van der Waals surface area contributed by atoms with Crippen LogP contribution >= 0.6 is 0 Å². The molecular formula is C21H22F3N3O4. The zero-order valence-electron chi connectivity index (χ0n) is 17.1. The Kier molecular flexibility index (Phi) is 7.27. The maximum atomic E-state index is 12.6. The van der Waals surface area contributed by atoms with Gasteiger partial charge in [0.05, 0.1) is 5.56 Å². The number of alkyl carbamates (subject to hydrolysis) is 1. The van der Waals surface area contributed by atoms with Crippen LogP contribution in [0.5, 0.6) is 0 Å². The lowest BCUT2D eigenvalue weighted by atomic mass is 10.1. The molecule has 0 spiro atoms. The van der Waals surface area contributed by atoms with E-state index in [1.165, 1.54) is 24.3 Å². The van der Waals surface area contributed by atoms with Crippen molar-refractivity contribution in [3.8, 4) is 0 Å². The largest absolute Gasteiger partial charge is 0.444 e. The van der Waals surface area contributed by atoms with E-state index in [2.05, 4.69) is 16.0 Å². The molecule has 0 aliphatic carbocycles. The highest BCUT2D eigenvalue weighted by molar-refractivity contribution is 6.04. The van der Waals surface area contributed by atoms with Crippen molar-refractivity contribution in [2.45, 2.75) is 32.5 Å². The van der Waals surface area contributed by atoms with Crippen LogP contribution in [-0.4, -0.2) is 30.1 Å². The molecule has 0 saturated heterocycles. The van der Waals surface area contributed by atoms with Crippen LogP contribution in [0.1, 0.15) is 36.7 Å². The third-order valence-electron chi connectivity index (χ3n) is 3.69. The van der Waals surface area contributed by atoms with E-state index in [0.29, 0.717) is 11.4 Å². The molecule has 31 heavy (non-hydrogen) atoms. The average Bonchev–Trinajstić information content (AvgIpc) is 2.66. The minimum atomic E-state index is -4.47. The molecule has 0 radical (unpaired) electrons. The normalized spacial score (nSPS) is 11.4. The van der Waals surface area contributed by atoms with Crippen LogP contribution in [0.2, 0.25) is 0 Å². The summed E-state index contributed by atoms with van der Waals surface area (Å²) in [6.45, 7) is 4.81. The standard InChI is InChI=1S/C21H22F3N3O4/c1-20(2,3)31-19(30)25-12-17(28)26-15-8-10-16(11-9-15)27-18(29)13-4-6-14(7-5-13)21(22,23)24/h4-11H,12H2,1-3H3,(H,25,30)(H,26,28)(H,27,29). The first-order valence-corrected chi connectivity index (χ1v) is 9.19. The lowest BCUT2D eigenvalue weighted by Gasteiger charge is -2.19. The average molecular weight is 437 g/mol. The van der Waals surface area contributed by atoms with Crippen LogP contribution in [0, 0.1) is 0 Å². The molecule has 0 heterocycles. The first-order chi connectivity index (χ1) is 14.3. The van der Waals surface area contributed by atoms with Crippen molar-refractivity contribution in [3.05, 3.63) is 59.7 Å². The van der Waals surface area contributed by atoms with Crippen molar-refractivity contribution < 1.29 is 32.3 Å². The molecule has 2 aromatic rings.